The van der Waals surface area contributed by atoms with E-state index in [9.17, 15) is 4.79 Å². The number of nitrogen functional groups attached to an aromatic ring is 1. The fourth-order valence-electron chi connectivity index (χ4n) is 1.41. The van der Waals surface area contributed by atoms with Crippen LogP contribution in [0.4, 0.5) is 5.69 Å². The molecule has 1 unspecified atom stereocenters. The van der Waals surface area contributed by atoms with Crippen molar-refractivity contribution in [1.82, 2.24) is 19.9 Å². The maximum Gasteiger partial charge on any atom is 0.237 e. The molecule has 2 heterocycles. The molecule has 21 heavy (non-hydrogen) atoms. The Morgan fingerprint density at radius 1 is 1.48 bits per heavy atom. The summed E-state index contributed by atoms with van der Waals surface area (Å²) in [7, 11) is 0. The van der Waals surface area contributed by atoms with Crippen LogP contribution in [0.1, 0.15) is 6.92 Å². The number of pyridine rings is 1. The Morgan fingerprint density at radius 2 is 2.19 bits per heavy atom. The first-order valence-corrected chi connectivity index (χ1v) is 8.33. The molecule has 2 aromatic heterocycles. The molecule has 1 amide bonds. The lowest BCUT2D eigenvalue weighted by Gasteiger charge is -2.11. The number of aromatic nitrogens is 4. The summed E-state index contributed by atoms with van der Waals surface area (Å²) in [4.78, 5) is 16.0. The quantitative estimate of drug-likeness (QED) is 0.485. The van der Waals surface area contributed by atoms with Crippen LogP contribution < -0.4 is 11.2 Å². The first kappa shape index (κ1) is 15.9. The van der Waals surface area contributed by atoms with Gasteiger partial charge in [0.05, 0.1) is 10.9 Å². The molecule has 0 radical (unpaired) electrons. The Kier molecular flexibility index (Phi) is 5.32. The van der Waals surface area contributed by atoms with Crippen molar-refractivity contribution in [2.24, 2.45) is 0 Å². The van der Waals surface area contributed by atoms with Gasteiger partial charge in [-0.15, -0.1) is 10.2 Å². The number of carbonyl (C=O) groups excluding carboxylic acids is 1. The lowest BCUT2D eigenvalue weighted by molar-refractivity contribution is -0.115. The van der Waals surface area contributed by atoms with Crippen LogP contribution in [0.15, 0.2) is 28.6 Å². The van der Waals surface area contributed by atoms with Gasteiger partial charge in [0, 0.05) is 6.20 Å². The number of hydrogen-bond donors (Lipinski definition) is 2. The molecular formula is C11H13ClN6OS2. The highest BCUT2D eigenvalue weighted by Crippen LogP contribution is 2.25. The van der Waals surface area contributed by atoms with Crippen molar-refractivity contribution in [3.05, 3.63) is 23.5 Å². The first-order valence-electron chi connectivity index (χ1n) is 5.85. The number of thioether (sulfide) groups is 2. The average molecular weight is 345 g/mol. The van der Waals surface area contributed by atoms with E-state index >= 15 is 0 Å². The molecule has 0 aliphatic heterocycles. The standard InChI is InChI=1S/C11H13ClN6OS2/c1-6(21-11-17-16-10(20-2)18(11)13)9(19)15-7-4-3-5-14-8(7)12/h3-6H,13H2,1-2H3,(H,15,19). The number of nitrogens with one attached hydrogen (secondary N) is 1. The zero-order valence-corrected chi connectivity index (χ0v) is 13.7. The summed E-state index contributed by atoms with van der Waals surface area (Å²) in [6.07, 6.45) is 3.40. The number of amides is 1. The SMILES string of the molecule is CSc1nnc(SC(C)C(=O)Nc2cccnc2Cl)n1N. The van der Waals surface area contributed by atoms with Crippen LogP contribution in [0.5, 0.6) is 0 Å². The van der Waals surface area contributed by atoms with Gasteiger partial charge in [-0.1, -0.05) is 35.1 Å². The van der Waals surface area contributed by atoms with Crippen molar-refractivity contribution in [2.75, 3.05) is 17.4 Å². The summed E-state index contributed by atoms with van der Waals surface area (Å²) < 4.78 is 1.36. The molecule has 0 aliphatic rings. The third-order valence-corrected chi connectivity index (χ3v) is 4.49. The van der Waals surface area contributed by atoms with Gasteiger partial charge in [-0.3, -0.25) is 4.79 Å². The summed E-state index contributed by atoms with van der Waals surface area (Å²) in [5.41, 5.74) is 0.468. The Morgan fingerprint density at radius 3 is 2.81 bits per heavy atom. The van der Waals surface area contributed by atoms with E-state index in [2.05, 4.69) is 20.5 Å². The maximum atomic E-state index is 12.1. The number of anilines is 1. The lowest BCUT2D eigenvalue weighted by Crippen LogP contribution is -2.24. The van der Waals surface area contributed by atoms with Crippen LogP contribution >= 0.6 is 35.1 Å². The van der Waals surface area contributed by atoms with E-state index in [1.807, 2.05) is 6.26 Å². The van der Waals surface area contributed by atoms with Crippen molar-refractivity contribution in [1.29, 1.82) is 0 Å². The van der Waals surface area contributed by atoms with Crippen molar-refractivity contribution < 1.29 is 4.79 Å². The van der Waals surface area contributed by atoms with Crippen molar-refractivity contribution in [2.45, 2.75) is 22.5 Å². The van der Waals surface area contributed by atoms with Crippen LogP contribution in [0, 0.1) is 0 Å². The predicted octanol–water partition coefficient (Wildman–Crippen LogP) is 1.88. The zero-order chi connectivity index (χ0) is 15.4. The van der Waals surface area contributed by atoms with Crippen LogP contribution in [0.3, 0.4) is 0 Å². The molecule has 0 saturated carbocycles. The highest BCUT2D eigenvalue weighted by molar-refractivity contribution is 8.00. The molecule has 0 aromatic carbocycles. The smallest absolute Gasteiger partial charge is 0.237 e. The fourth-order valence-corrected chi connectivity index (χ4v) is 2.81. The minimum absolute atomic E-state index is 0.219. The summed E-state index contributed by atoms with van der Waals surface area (Å²) in [5, 5.41) is 11.5. The molecule has 2 aromatic rings. The van der Waals surface area contributed by atoms with Gasteiger partial charge in [0.25, 0.3) is 0 Å². The number of carbonyl (C=O) groups is 1. The van der Waals surface area contributed by atoms with Gasteiger partial charge in [0.1, 0.15) is 0 Å². The van der Waals surface area contributed by atoms with E-state index in [0.29, 0.717) is 16.0 Å². The summed E-state index contributed by atoms with van der Waals surface area (Å²) in [6, 6.07) is 3.38. The van der Waals surface area contributed by atoms with Crippen molar-refractivity contribution in [3.8, 4) is 0 Å². The summed E-state index contributed by atoms with van der Waals surface area (Å²) in [5.74, 6) is 5.61. The van der Waals surface area contributed by atoms with Crippen LogP contribution in [-0.2, 0) is 4.79 Å². The van der Waals surface area contributed by atoms with Gasteiger partial charge in [-0.2, -0.15) is 0 Å². The van der Waals surface area contributed by atoms with Gasteiger partial charge in [-0.25, -0.2) is 9.66 Å². The molecule has 7 nitrogen and oxygen atoms in total. The Bertz CT molecular complexity index is 649. The van der Waals surface area contributed by atoms with Crippen LogP contribution in [-0.4, -0.2) is 37.3 Å². The minimum Gasteiger partial charge on any atom is -0.335 e. The van der Waals surface area contributed by atoms with E-state index in [4.69, 9.17) is 17.4 Å². The number of nitrogens with zero attached hydrogens (tertiary/aromatic N) is 4. The van der Waals surface area contributed by atoms with Crippen LogP contribution in [0.2, 0.25) is 5.15 Å². The van der Waals surface area contributed by atoms with E-state index in [0.717, 1.165) is 0 Å². The third kappa shape index (κ3) is 3.80. The molecule has 2 rings (SSSR count). The number of halogens is 1. The monoisotopic (exact) mass is 344 g/mol. The predicted molar refractivity (Wildman–Crippen MR) is 85.1 cm³/mol. The van der Waals surface area contributed by atoms with E-state index in [1.165, 1.54) is 28.2 Å². The molecule has 0 bridgehead atoms. The summed E-state index contributed by atoms with van der Waals surface area (Å²) in [6.45, 7) is 1.75. The molecule has 112 valence electrons. The van der Waals surface area contributed by atoms with Gasteiger partial charge in [0.15, 0.2) is 5.15 Å². The third-order valence-electron chi connectivity index (χ3n) is 2.48. The van der Waals surface area contributed by atoms with Gasteiger partial charge in [-0.05, 0) is 25.3 Å². The van der Waals surface area contributed by atoms with Crippen molar-refractivity contribution >= 4 is 46.7 Å². The Labute approximate surface area is 135 Å². The molecular weight excluding hydrogens is 332 g/mol. The topological polar surface area (TPSA) is 98.7 Å². The summed E-state index contributed by atoms with van der Waals surface area (Å²) >= 11 is 8.49. The minimum atomic E-state index is -0.414. The van der Waals surface area contributed by atoms with E-state index < -0.39 is 5.25 Å². The molecule has 10 heteroatoms. The second-order valence-corrected chi connectivity index (χ2v) is 6.37. The Hall–Kier alpha value is -1.45. The first-order chi connectivity index (χ1) is 10.0. The fraction of sp³-hybridized carbons (Fsp3) is 0.273. The van der Waals surface area contributed by atoms with E-state index in [1.54, 1.807) is 25.3 Å². The van der Waals surface area contributed by atoms with Gasteiger partial charge < -0.3 is 11.2 Å². The molecule has 0 saturated heterocycles. The number of nitrogens with two attached hydrogens (primary N) is 1. The average Bonchev–Trinajstić information content (AvgIpc) is 2.82. The molecule has 3 N–H and O–H groups in total. The second kappa shape index (κ2) is 7.01. The Balaban J connectivity index is 2.03. The number of hydrogen-bond acceptors (Lipinski definition) is 7. The molecule has 0 fully saturated rings. The van der Waals surface area contributed by atoms with E-state index in [-0.39, 0.29) is 11.1 Å². The molecule has 1 atom stereocenters. The second-order valence-electron chi connectivity index (χ2n) is 3.93. The molecule has 0 spiro atoms. The van der Waals surface area contributed by atoms with Crippen molar-refractivity contribution in [3.63, 3.8) is 0 Å². The largest absolute Gasteiger partial charge is 0.335 e. The molecule has 0 aliphatic carbocycles. The normalized spacial score (nSPS) is 12.1. The highest BCUT2D eigenvalue weighted by atomic mass is 35.5. The zero-order valence-electron chi connectivity index (χ0n) is 11.3. The maximum absolute atomic E-state index is 12.1. The van der Waals surface area contributed by atoms with Crippen LogP contribution in [0.25, 0.3) is 0 Å². The lowest BCUT2D eigenvalue weighted by atomic mass is 10.4. The van der Waals surface area contributed by atoms with Gasteiger partial charge >= 0.3 is 0 Å². The number of rotatable bonds is 5. The van der Waals surface area contributed by atoms with Gasteiger partial charge in [0.2, 0.25) is 16.2 Å². The highest BCUT2D eigenvalue weighted by Gasteiger charge is 2.20.